The van der Waals surface area contributed by atoms with Crippen LogP contribution in [0.15, 0.2) is 12.7 Å². The van der Waals surface area contributed by atoms with Crippen molar-refractivity contribution in [2.24, 2.45) is 5.92 Å². The third-order valence-corrected chi connectivity index (χ3v) is 3.63. The predicted molar refractivity (Wildman–Crippen MR) is 86.6 cm³/mol. The summed E-state index contributed by atoms with van der Waals surface area (Å²) in [6, 6.07) is 0. The summed E-state index contributed by atoms with van der Waals surface area (Å²) in [6.45, 7) is 8.99. The van der Waals surface area contributed by atoms with Gasteiger partial charge in [-0.15, -0.1) is 0 Å². The topological polar surface area (TPSA) is 114 Å². The minimum absolute atomic E-state index is 0.00512. The number of ether oxygens (including phenoxy) is 2. The lowest BCUT2D eigenvalue weighted by molar-refractivity contribution is -0.144. The van der Waals surface area contributed by atoms with Gasteiger partial charge in [0, 0.05) is 6.54 Å². The molecule has 1 aliphatic carbocycles. The minimum atomic E-state index is -1.38. The largest absolute Gasteiger partial charge is 0.480 e. The molecule has 2 unspecified atom stereocenters. The van der Waals surface area contributed by atoms with Crippen molar-refractivity contribution in [1.82, 2.24) is 10.6 Å². The Hall–Kier alpha value is -2.25. The van der Waals surface area contributed by atoms with Crippen LogP contribution in [0.4, 0.5) is 9.59 Å². The van der Waals surface area contributed by atoms with Crippen LogP contribution in [0.3, 0.4) is 0 Å². The molecule has 136 valence electrons. The van der Waals surface area contributed by atoms with Crippen molar-refractivity contribution in [1.29, 1.82) is 0 Å². The average Bonchev–Trinajstić information content (AvgIpc) is 2.86. The SMILES string of the molecule is C=CCOC(=O)NC1(C(=O)O)CCC(CNC(=O)OC(C)(C)C)C1. The summed E-state index contributed by atoms with van der Waals surface area (Å²) in [5.74, 6) is -1.19. The summed E-state index contributed by atoms with van der Waals surface area (Å²) in [6.07, 6.45) is 1.10. The first-order valence-corrected chi connectivity index (χ1v) is 7.84. The van der Waals surface area contributed by atoms with Crippen LogP contribution in [0.2, 0.25) is 0 Å². The highest BCUT2D eigenvalue weighted by molar-refractivity contribution is 5.84. The molecule has 1 aliphatic rings. The van der Waals surface area contributed by atoms with Gasteiger partial charge in [-0.05, 0) is 46.0 Å². The molecule has 8 heteroatoms. The van der Waals surface area contributed by atoms with Crippen LogP contribution in [-0.4, -0.2) is 47.6 Å². The molecular weight excluding hydrogens is 316 g/mol. The highest BCUT2D eigenvalue weighted by atomic mass is 16.6. The summed E-state index contributed by atoms with van der Waals surface area (Å²) >= 11 is 0. The van der Waals surface area contributed by atoms with Crippen molar-refractivity contribution in [2.45, 2.75) is 51.2 Å². The van der Waals surface area contributed by atoms with Crippen LogP contribution >= 0.6 is 0 Å². The van der Waals surface area contributed by atoms with Gasteiger partial charge in [-0.1, -0.05) is 12.7 Å². The minimum Gasteiger partial charge on any atom is -0.480 e. The summed E-state index contributed by atoms with van der Waals surface area (Å²) in [4.78, 5) is 34.9. The zero-order valence-corrected chi connectivity index (χ0v) is 14.4. The number of rotatable bonds is 6. The molecular formula is C16H26N2O6. The number of hydrogen-bond acceptors (Lipinski definition) is 5. The van der Waals surface area contributed by atoms with Crippen molar-refractivity contribution < 1.29 is 29.0 Å². The van der Waals surface area contributed by atoms with Crippen molar-refractivity contribution >= 4 is 18.2 Å². The van der Waals surface area contributed by atoms with Crippen LogP contribution in [0.5, 0.6) is 0 Å². The lowest BCUT2D eigenvalue weighted by Crippen LogP contribution is -2.53. The average molecular weight is 342 g/mol. The van der Waals surface area contributed by atoms with Crippen LogP contribution < -0.4 is 10.6 Å². The first-order valence-electron chi connectivity index (χ1n) is 7.84. The van der Waals surface area contributed by atoms with E-state index >= 15 is 0 Å². The van der Waals surface area contributed by atoms with E-state index < -0.39 is 29.3 Å². The molecule has 0 heterocycles. The third-order valence-electron chi connectivity index (χ3n) is 3.63. The number of carbonyl (C=O) groups excluding carboxylic acids is 2. The van der Waals surface area contributed by atoms with Gasteiger partial charge in [0.15, 0.2) is 0 Å². The molecule has 0 aromatic carbocycles. The molecule has 3 N–H and O–H groups in total. The molecule has 2 atom stereocenters. The molecule has 2 amide bonds. The zero-order valence-electron chi connectivity index (χ0n) is 14.4. The highest BCUT2D eigenvalue weighted by Crippen LogP contribution is 2.34. The third kappa shape index (κ3) is 6.10. The van der Waals surface area contributed by atoms with Gasteiger partial charge >= 0.3 is 18.2 Å². The number of hydrogen-bond donors (Lipinski definition) is 3. The maximum Gasteiger partial charge on any atom is 0.408 e. The maximum absolute atomic E-state index is 11.7. The zero-order chi connectivity index (χ0) is 18.4. The number of carboxylic acid groups (broad SMARTS) is 1. The van der Waals surface area contributed by atoms with E-state index in [1.807, 2.05) is 0 Å². The van der Waals surface area contributed by atoms with Gasteiger partial charge in [0.1, 0.15) is 17.7 Å². The Morgan fingerprint density at radius 3 is 2.54 bits per heavy atom. The second-order valence-electron chi connectivity index (χ2n) is 6.89. The molecule has 0 aliphatic heterocycles. The molecule has 8 nitrogen and oxygen atoms in total. The number of nitrogens with one attached hydrogen (secondary N) is 2. The van der Waals surface area contributed by atoms with Gasteiger partial charge < -0.3 is 25.2 Å². The second-order valence-corrected chi connectivity index (χ2v) is 6.89. The quantitative estimate of drug-likeness (QED) is 0.637. The van der Waals surface area contributed by atoms with Crippen molar-refractivity contribution in [2.75, 3.05) is 13.2 Å². The Kier molecular flexibility index (Phi) is 6.62. The van der Waals surface area contributed by atoms with Gasteiger partial charge in [-0.25, -0.2) is 14.4 Å². The summed E-state index contributed by atoms with van der Waals surface area (Å²) in [7, 11) is 0. The van der Waals surface area contributed by atoms with E-state index in [4.69, 9.17) is 9.47 Å². The lowest BCUT2D eigenvalue weighted by atomic mass is 9.96. The second kappa shape index (κ2) is 8.03. The van der Waals surface area contributed by atoms with Gasteiger partial charge in [0.2, 0.25) is 0 Å². The first-order chi connectivity index (χ1) is 11.1. The van der Waals surface area contributed by atoms with Crippen molar-refractivity contribution in [3.8, 4) is 0 Å². The van der Waals surface area contributed by atoms with E-state index in [9.17, 15) is 19.5 Å². The molecule has 0 bridgehead atoms. The number of aliphatic carboxylic acids is 1. The highest BCUT2D eigenvalue weighted by Gasteiger charge is 2.47. The molecule has 1 fully saturated rings. The Morgan fingerprint density at radius 2 is 2.00 bits per heavy atom. The van der Waals surface area contributed by atoms with Crippen molar-refractivity contribution in [3.05, 3.63) is 12.7 Å². The van der Waals surface area contributed by atoms with Crippen LogP contribution in [0.25, 0.3) is 0 Å². The molecule has 24 heavy (non-hydrogen) atoms. The molecule has 1 rings (SSSR count). The fourth-order valence-electron chi connectivity index (χ4n) is 2.59. The monoisotopic (exact) mass is 342 g/mol. The van der Waals surface area contributed by atoms with Gasteiger partial charge in [0.05, 0.1) is 0 Å². The maximum atomic E-state index is 11.7. The molecule has 0 saturated heterocycles. The number of amides is 2. The Balaban J connectivity index is 2.55. The van der Waals surface area contributed by atoms with E-state index in [2.05, 4.69) is 17.2 Å². The molecule has 0 radical (unpaired) electrons. The number of carbonyl (C=O) groups is 3. The van der Waals surface area contributed by atoms with Crippen LogP contribution in [0.1, 0.15) is 40.0 Å². The molecule has 0 aromatic rings. The molecule has 1 saturated carbocycles. The van der Waals surface area contributed by atoms with Crippen molar-refractivity contribution in [3.63, 3.8) is 0 Å². The standard InChI is InChI=1S/C16H26N2O6/c1-5-8-23-14(22)18-16(12(19)20)7-6-11(9-16)10-17-13(21)24-15(2,3)4/h5,11H,1,6-10H2,2-4H3,(H,17,21)(H,18,22)(H,19,20). The summed E-state index contributed by atoms with van der Waals surface area (Å²) in [5.41, 5.74) is -1.97. The van der Waals surface area contributed by atoms with E-state index in [-0.39, 0.29) is 31.9 Å². The Bertz CT molecular complexity index is 499. The fraction of sp³-hybridized carbons (Fsp3) is 0.688. The van der Waals surface area contributed by atoms with Gasteiger partial charge in [-0.2, -0.15) is 0 Å². The summed E-state index contributed by atoms with van der Waals surface area (Å²) < 4.78 is 9.94. The van der Waals surface area contributed by atoms with Gasteiger partial charge in [0.25, 0.3) is 0 Å². The van der Waals surface area contributed by atoms with Crippen LogP contribution in [-0.2, 0) is 14.3 Å². The molecule has 0 aromatic heterocycles. The smallest absolute Gasteiger partial charge is 0.408 e. The van der Waals surface area contributed by atoms with Gasteiger partial charge in [-0.3, -0.25) is 0 Å². The Morgan fingerprint density at radius 1 is 1.33 bits per heavy atom. The fourth-order valence-corrected chi connectivity index (χ4v) is 2.59. The number of carboxylic acids is 1. The first kappa shape index (κ1) is 19.8. The molecule has 0 spiro atoms. The normalized spacial score (nSPS) is 23.2. The lowest BCUT2D eigenvalue weighted by Gasteiger charge is -2.25. The van der Waals surface area contributed by atoms with E-state index in [0.29, 0.717) is 6.42 Å². The van der Waals surface area contributed by atoms with E-state index in [1.54, 1.807) is 20.8 Å². The van der Waals surface area contributed by atoms with E-state index in [0.717, 1.165) is 0 Å². The number of alkyl carbamates (subject to hydrolysis) is 2. The predicted octanol–water partition coefficient (Wildman–Crippen LogP) is 2.05. The van der Waals surface area contributed by atoms with Crippen LogP contribution in [0, 0.1) is 5.92 Å². The van der Waals surface area contributed by atoms with E-state index in [1.165, 1.54) is 6.08 Å². The summed E-state index contributed by atoms with van der Waals surface area (Å²) in [5, 5.41) is 14.5. The Labute approximate surface area is 141 Å².